The zero-order chi connectivity index (χ0) is 21.1. The third-order valence-electron chi connectivity index (χ3n) is 10.1. The van der Waals surface area contributed by atoms with Gasteiger partial charge in [0, 0.05) is 37.3 Å². The van der Waals surface area contributed by atoms with Crippen molar-refractivity contribution in [2.75, 3.05) is 19.7 Å². The number of aliphatic hydroxyl groups excluding tert-OH is 2. The molecule has 5 fully saturated rings. The second-order valence-corrected chi connectivity index (χ2v) is 11.2. The number of ketones is 1. The van der Waals surface area contributed by atoms with E-state index in [-0.39, 0.29) is 47.2 Å². The molecule has 1 aliphatic heterocycles. The van der Waals surface area contributed by atoms with Gasteiger partial charge in [-0.3, -0.25) is 4.79 Å². The predicted molar refractivity (Wildman–Crippen MR) is 114 cm³/mol. The van der Waals surface area contributed by atoms with Crippen LogP contribution in [0.1, 0.15) is 65.2 Å². The van der Waals surface area contributed by atoms with Crippen LogP contribution in [0.25, 0.3) is 0 Å². The van der Waals surface area contributed by atoms with Gasteiger partial charge in [0.1, 0.15) is 11.9 Å². The number of Topliss-reactive ketones (excluding diaryl/α,β-unsaturated/α-hetero) is 1. The van der Waals surface area contributed by atoms with Gasteiger partial charge in [-0.05, 0) is 74.2 Å². The average molecular weight is 419 g/mol. The van der Waals surface area contributed by atoms with Gasteiger partial charge in [-0.25, -0.2) is 0 Å². The zero-order valence-corrected chi connectivity index (χ0v) is 18.5. The Morgan fingerprint density at radius 3 is 2.70 bits per heavy atom. The van der Waals surface area contributed by atoms with Gasteiger partial charge in [-0.2, -0.15) is 0 Å². The molecule has 5 rings (SSSR count). The molecule has 0 aromatic heterocycles. The molecule has 0 radical (unpaired) electrons. The van der Waals surface area contributed by atoms with Crippen LogP contribution in [-0.2, 0) is 9.63 Å². The Bertz CT molecular complexity index is 720. The van der Waals surface area contributed by atoms with Gasteiger partial charge in [0.2, 0.25) is 0 Å². The summed E-state index contributed by atoms with van der Waals surface area (Å²) >= 11 is 0. The molecule has 3 N–H and O–H groups in total. The summed E-state index contributed by atoms with van der Waals surface area (Å²) in [6.45, 7) is 6.38. The first-order valence-electron chi connectivity index (χ1n) is 12.1. The normalized spacial score (nSPS) is 52.1. The van der Waals surface area contributed by atoms with E-state index in [0.717, 1.165) is 63.7 Å². The number of hydrogen-bond donors (Lipinski definition) is 3. The molecular formula is C24H38N2O4. The van der Waals surface area contributed by atoms with Gasteiger partial charge in [-0.15, -0.1) is 0 Å². The monoisotopic (exact) mass is 418 g/mol. The fourth-order valence-corrected chi connectivity index (χ4v) is 8.21. The number of rotatable bonds is 3. The standard InChI is InChI=1S/C24H38N2O4/c1-23-8-5-14(26-30-15-7-10-25-12-15)11-19(23)16(13-27)22(29)21-17-3-4-20(28)24(17,2)9-6-18(21)23/h15-19,21-22,25,27,29H,3-13H2,1-2H3/b26-14+/t15-,16+,17-,18-,19?,21-,22+,23+,24-/m0/s1. The fraction of sp³-hybridized carbons (Fsp3) is 0.917. The van der Waals surface area contributed by atoms with Crippen LogP contribution in [0, 0.1) is 40.4 Å². The third kappa shape index (κ3) is 3.01. The summed E-state index contributed by atoms with van der Waals surface area (Å²) in [6, 6.07) is 0. The predicted octanol–water partition coefficient (Wildman–Crippen LogP) is 2.52. The molecule has 4 saturated carbocycles. The number of aliphatic hydroxyl groups is 2. The van der Waals surface area contributed by atoms with Gasteiger partial charge >= 0.3 is 0 Å². The molecule has 0 aromatic carbocycles. The van der Waals surface area contributed by atoms with E-state index < -0.39 is 6.10 Å². The van der Waals surface area contributed by atoms with E-state index in [1.165, 1.54) is 0 Å². The van der Waals surface area contributed by atoms with E-state index in [4.69, 9.17) is 4.84 Å². The van der Waals surface area contributed by atoms with Crippen LogP contribution in [-0.4, -0.2) is 53.6 Å². The number of carbonyl (C=O) groups excluding carboxylic acids is 1. The molecule has 0 spiro atoms. The van der Waals surface area contributed by atoms with Crippen molar-refractivity contribution < 1.29 is 19.8 Å². The molecule has 1 unspecified atom stereocenters. The highest BCUT2D eigenvalue weighted by molar-refractivity contribution is 5.87. The minimum absolute atomic E-state index is 0.00268. The second-order valence-electron chi connectivity index (χ2n) is 11.2. The quantitative estimate of drug-likeness (QED) is 0.613. The Morgan fingerprint density at radius 2 is 1.97 bits per heavy atom. The number of hydrogen-bond acceptors (Lipinski definition) is 6. The molecule has 4 aliphatic carbocycles. The Balaban J connectivity index is 1.41. The molecule has 0 aromatic rings. The van der Waals surface area contributed by atoms with Crippen molar-refractivity contribution >= 4 is 11.5 Å². The van der Waals surface area contributed by atoms with Crippen molar-refractivity contribution in [2.24, 2.45) is 45.6 Å². The third-order valence-corrected chi connectivity index (χ3v) is 10.1. The van der Waals surface area contributed by atoms with Crippen LogP contribution < -0.4 is 5.32 Å². The first-order chi connectivity index (χ1) is 14.4. The number of nitrogens with zero attached hydrogens (tertiary/aromatic N) is 1. The van der Waals surface area contributed by atoms with Crippen molar-refractivity contribution in [1.29, 1.82) is 0 Å². The summed E-state index contributed by atoms with van der Waals surface area (Å²) in [5.74, 6) is 1.28. The van der Waals surface area contributed by atoms with Gasteiger partial charge in [0.05, 0.1) is 11.8 Å². The first-order valence-corrected chi connectivity index (χ1v) is 12.1. The van der Waals surface area contributed by atoms with Crippen molar-refractivity contribution in [3.05, 3.63) is 0 Å². The zero-order valence-electron chi connectivity index (χ0n) is 18.5. The fourth-order valence-electron chi connectivity index (χ4n) is 8.21. The Labute approximate surface area is 179 Å². The summed E-state index contributed by atoms with van der Waals surface area (Å²) in [5.41, 5.74) is 0.902. The van der Waals surface area contributed by atoms with Crippen molar-refractivity contribution in [3.8, 4) is 0 Å². The minimum Gasteiger partial charge on any atom is -0.396 e. The molecule has 9 atom stereocenters. The van der Waals surface area contributed by atoms with Crippen LogP contribution in [0.3, 0.4) is 0 Å². The van der Waals surface area contributed by atoms with Crippen LogP contribution in [0.15, 0.2) is 5.16 Å². The summed E-state index contributed by atoms with van der Waals surface area (Å²) < 4.78 is 0. The van der Waals surface area contributed by atoms with Crippen molar-refractivity contribution in [3.63, 3.8) is 0 Å². The lowest BCUT2D eigenvalue weighted by molar-refractivity contribution is -0.188. The molecule has 1 heterocycles. The lowest BCUT2D eigenvalue weighted by Crippen LogP contribution is -2.62. The van der Waals surface area contributed by atoms with Crippen LogP contribution >= 0.6 is 0 Å². The maximum Gasteiger partial charge on any atom is 0.141 e. The van der Waals surface area contributed by atoms with Crippen LogP contribution in [0.2, 0.25) is 0 Å². The first kappa shape index (κ1) is 20.9. The highest BCUT2D eigenvalue weighted by Crippen LogP contribution is 2.66. The van der Waals surface area contributed by atoms with Crippen LogP contribution in [0.5, 0.6) is 0 Å². The molecule has 0 bridgehead atoms. The highest BCUT2D eigenvalue weighted by Gasteiger charge is 2.64. The van der Waals surface area contributed by atoms with Gasteiger partial charge in [0.15, 0.2) is 0 Å². The van der Waals surface area contributed by atoms with E-state index in [2.05, 4.69) is 24.3 Å². The Morgan fingerprint density at radius 1 is 1.13 bits per heavy atom. The number of carbonyl (C=O) groups is 1. The molecule has 0 amide bonds. The summed E-state index contributed by atoms with van der Waals surface area (Å²) in [7, 11) is 0. The molecule has 6 nitrogen and oxygen atoms in total. The summed E-state index contributed by atoms with van der Waals surface area (Å²) in [4.78, 5) is 18.5. The molecular weight excluding hydrogens is 380 g/mol. The van der Waals surface area contributed by atoms with Crippen molar-refractivity contribution in [2.45, 2.75) is 77.4 Å². The smallest absolute Gasteiger partial charge is 0.141 e. The van der Waals surface area contributed by atoms with Crippen LogP contribution in [0.4, 0.5) is 0 Å². The van der Waals surface area contributed by atoms with E-state index in [1.807, 2.05) is 0 Å². The number of fused-ring (bicyclic) bond motifs is 5. The average Bonchev–Trinajstić information content (AvgIpc) is 3.36. The molecule has 1 saturated heterocycles. The van der Waals surface area contributed by atoms with Gasteiger partial charge in [0.25, 0.3) is 0 Å². The Kier molecular flexibility index (Phi) is 5.27. The van der Waals surface area contributed by atoms with E-state index >= 15 is 0 Å². The molecule has 168 valence electrons. The lowest BCUT2D eigenvalue weighted by atomic mass is 9.42. The van der Waals surface area contributed by atoms with Crippen molar-refractivity contribution in [1.82, 2.24) is 5.32 Å². The topological polar surface area (TPSA) is 91.2 Å². The SMILES string of the molecule is C[C@]12CC/C(=N\O[C@H]3CCNC3)CC1[C@@H](CO)[C@@H](O)[C@@H]1[C@@H]2CC[C@]2(C)C(=O)CC[C@@H]12. The van der Waals surface area contributed by atoms with Gasteiger partial charge in [-0.1, -0.05) is 19.0 Å². The second kappa shape index (κ2) is 7.56. The number of nitrogens with one attached hydrogen (secondary N) is 1. The minimum atomic E-state index is -0.534. The summed E-state index contributed by atoms with van der Waals surface area (Å²) in [6.07, 6.45) is 6.94. The molecule has 30 heavy (non-hydrogen) atoms. The molecule has 6 heteroatoms. The lowest BCUT2D eigenvalue weighted by Gasteiger charge is -2.63. The number of oxime groups is 1. The van der Waals surface area contributed by atoms with Gasteiger partial charge < -0.3 is 20.4 Å². The largest absolute Gasteiger partial charge is 0.396 e. The highest BCUT2D eigenvalue weighted by atomic mass is 16.6. The van der Waals surface area contributed by atoms with E-state index in [0.29, 0.717) is 18.1 Å². The summed E-state index contributed by atoms with van der Waals surface area (Å²) in [5, 5.41) is 29.7. The maximum absolute atomic E-state index is 12.7. The maximum atomic E-state index is 12.7. The Hall–Kier alpha value is -0.980. The van der Waals surface area contributed by atoms with E-state index in [9.17, 15) is 15.0 Å². The van der Waals surface area contributed by atoms with E-state index in [1.54, 1.807) is 0 Å². The molecule has 5 aliphatic rings.